The molecule has 2 aromatic carbocycles. The van der Waals surface area contributed by atoms with E-state index in [0.717, 1.165) is 12.1 Å². The molecule has 6 atom stereocenters. The van der Waals surface area contributed by atoms with Crippen LogP contribution in [-0.4, -0.2) is 16.8 Å². The molecule has 0 unspecified atom stereocenters. The molecule has 5 aliphatic carbocycles. The summed E-state index contributed by atoms with van der Waals surface area (Å²) in [4.78, 5) is 26.4. The van der Waals surface area contributed by atoms with E-state index in [0.29, 0.717) is 28.8 Å². The predicted octanol–water partition coefficient (Wildman–Crippen LogP) is 5.99. The first-order valence-electron chi connectivity index (χ1n) is 11.7. The van der Waals surface area contributed by atoms with Crippen LogP contribution in [0.3, 0.4) is 0 Å². The van der Waals surface area contributed by atoms with Gasteiger partial charge in [-0.05, 0) is 78.6 Å². The number of aliphatic hydroxyl groups excluding tert-OH is 1. The monoisotopic (exact) mass is 493 g/mol. The lowest BCUT2D eigenvalue weighted by molar-refractivity contribution is -0.137. The number of hydrogen-bond acceptors (Lipinski definition) is 4. The number of carbonyl (C=O) groups excluding carboxylic acids is 2. The van der Waals surface area contributed by atoms with E-state index in [4.69, 9.17) is 4.74 Å². The van der Waals surface area contributed by atoms with Crippen molar-refractivity contribution in [1.82, 2.24) is 0 Å². The summed E-state index contributed by atoms with van der Waals surface area (Å²) in [7, 11) is 0. The van der Waals surface area contributed by atoms with E-state index in [2.05, 4.69) is 29.6 Å². The minimum Gasteiger partial charge on any atom is -0.511 e. The van der Waals surface area contributed by atoms with Crippen molar-refractivity contribution >= 4 is 17.4 Å². The Kier molecular flexibility index (Phi) is 4.94. The van der Waals surface area contributed by atoms with Crippen molar-refractivity contribution in [2.45, 2.75) is 13.1 Å². The average molecular weight is 493 g/mol. The van der Waals surface area contributed by atoms with Gasteiger partial charge in [-0.2, -0.15) is 13.2 Å². The van der Waals surface area contributed by atoms with Gasteiger partial charge in [0.2, 0.25) is 0 Å². The van der Waals surface area contributed by atoms with Crippen LogP contribution in [0.4, 0.5) is 18.9 Å². The molecule has 7 rings (SSSR count). The molecule has 0 radical (unpaired) electrons. The summed E-state index contributed by atoms with van der Waals surface area (Å²) < 4.78 is 43.9. The molecule has 5 nitrogen and oxygen atoms in total. The van der Waals surface area contributed by atoms with E-state index in [1.165, 1.54) is 12.1 Å². The third kappa shape index (κ3) is 3.38. The van der Waals surface area contributed by atoms with Crippen LogP contribution in [0.5, 0.6) is 11.5 Å². The zero-order chi connectivity index (χ0) is 25.4. The molecule has 184 valence electrons. The number of Topliss-reactive ketones (excluding diaryl/α,β-unsaturated/α-hetero) is 1. The second kappa shape index (κ2) is 7.85. The lowest BCUT2D eigenvalue weighted by atomic mass is 9.50. The number of amides is 1. The van der Waals surface area contributed by atoms with Crippen molar-refractivity contribution in [3.05, 3.63) is 89.2 Å². The van der Waals surface area contributed by atoms with E-state index in [-0.39, 0.29) is 40.6 Å². The van der Waals surface area contributed by atoms with E-state index in [1.54, 1.807) is 25.1 Å². The number of rotatable bonds is 4. The van der Waals surface area contributed by atoms with Crippen molar-refractivity contribution < 1.29 is 32.6 Å². The highest BCUT2D eigenvalue weighted by Gasteiger charge is 2.60. The van der Waals surface area contributed by atoms with Crippen LogP contribution in [0.25, 0.3) is 0 Å². The van der Waals surface area contributed by atoms with Crippen molar-refractivity contribution in [1.29, 1.82) is 0 Å². The fourth-order valence-corrected chi connectivity index (χ4v) is 6.10. The summed E-state index contributed by atoms with van der Waals surface area (Å²) >= 11 is 0. The number of alkyl halides is 3. The summed E-state index contributed by atoms with van der Waals surface area (Å²) in [6.45, 7) is 1.73. The van der Waals surface area contributed by atoms with Crippen molar-refractivity contribution in [3.8, 4) is 11.5 Å². The normalized spacial score (nSPS) is 29.6. The van der Waals surface area contributed by atoms with Crippen molar-refractivity contribution in [3.63, 3.8) is 0 Å². The summed E-state index contributed by atoms with van der Waals surface area (Å²) in [6, 6.07) is 9.14. The SMILES string of the molecule is Cc1cc(Oc2ccc(C(F)(F)F)cc2)ccc1NC(=O)C1=C(O)[C@@H]2[C@H]3C=C[C@H]([C@@H]4C=C[C@@H]43)[C@@H]2C1=O. The first-order chi connectivity index (χ1) is 17.1. The van der Waals surface area contributed by atoms with Gasteiger partial charge in [-0.15, -0.1) is 0 Å². The molecule has 2 N–H and O–H groups in total. The van der Waals surface area contributed by atoms with E-state index < -0.39 is 23.6 Å². The van der Waals surface area contributed by atoms with Crippen LogP contribution >= 0.6 is 0 Å². The third-order valence-corrected chi connectivity index (χ3v) is 7.87. The molecule has 36 heavy (non-hydrogen) atoms. The van der Waals surface area contributed by atoms with Crippen LogP contribution in [0.2, 0.25) is 0 Å². The van der Waals surface area contributed by atoms with Gasteiger partial charge in [-0.25, -0.2) is 0 Å². The van der Waals surface area contributed by atoms with Gasteiger partial charge in [0.1, 0.15) is 22.8 Å². The Labute approximate surface area is 205 Å². The number of halogens is 3. The summed E-state index contributed by atoms with van der Waals surface area (Å²) in [5.74, 6) is -0.628. The molecular formula is C28H22F3NO4. The summed E-state index contributed by atoms with van der Waals surface area (Å²) in [5.41, 5.74) is 0.121. The lowest BCUT2D eigenvalue weighted by Crippen LogP contribution is -2.50. The molecule has 1 amide bonds. The maximum Gasteiger partial charge on any atom is 0.416 e. The molecular weight excluding hydrogens is 471 g/mol. The van der Waals surface area contributed by atoms with Gasteiger partial charge in [0.05, 0.1) is 5.56 Å². The molecule has 1 saturated carbocycles. The largest absolute Gasteiger partial charge is 0.511 e. The quantitative estimate of drug-likeness (QED) is 0.405. The van der Waals surface area contributed by atoms with Gasteiger partial charge in [-0.3, -0.25) is 9.59 Å². The summed E-state index contributed by atoms with van der Waals surface area (Å²) in [5, 5.41) is 13.7. The second-order valence-electron chi connectivity index (χ2n) is 9.81. The standard InChI is InChI=1S/C28H22F3NO4/c1-13-12-16(36-15-4-2-14(3-5-15)28(29,30)31)6-11-21(13)32-27(35)24-25(33)22-19-9-10-20(23(22)26(24)34)18-8-7-17(18)19/h2-12,17-20,22-23,33H,1H3,(H,32,35)/t17-,18+,19-,20+,22+,23-/m0/s1. The van der Waals surface area contributed by atoms with Gasteiger partial charge in [0.15, 0.2) is 5.78 Å². The number of allylic oxidation sites excluding steroid dienone is 5. The maximum atomic E-state index is 13.2. The predicted molar refractivity (Wildman–Crippen MR) is 125 cm³/mol. The number of anilines is 1. The molecule has 1 fully saturated rings. The number of hydrogen-bond donors (Lipinski definition) is 2. The van der Waals surface area contributed by atoms with Crippen molar-refractivity contribution in [2.75, 3.05) is 5.32 Å². The first kappa shape index (κ1) is 22.6. The van der Waals surface area contributed by atoms with Crippen molar-refractivity contribution in [2.24, 2.45) is 35.5 Å². The van der Waals surface area contributed by atoms with Gasteiger partial charge in [0.25, 0.3) is 5.91 Å². The molecule has 0 aliphatic heterocycles. The molecule has 0 aromatic heterocycles. The summed E-state index contributed by atoms with van der Waals surface area (Å²) in [6.07, 6.45) is 3.93. The fourth-order valence-electron chi connectivity index (χ4n) is 6.10. The van der Waals surface area contributed by atoms with Gasteiger partial charge in [-0.1, -0.05) is 24.3 Å². The van der Waals surface area contributed by atoms with Crippen LogP contribution < -0.4 is 10.1 Å². The Hall–Kier alpha value is -3.81. The highest BCUT2D eigenvalue weighted by atomic mass is 19.4. The molecule has 2 aromatic rings. The highest BCUT2D eigenvalue weighted by Crippen LogP contribution is 2.60. The number of benzene rings is 2. The highest BCUT2D eigenvalue weighted by molar-refractivity contribution is 6.26. The van der Waals surface area contributed by atoms with E-state index >= 15 is 0 Å². The zero-order valence-corrected chi connectivity index (χ0v) is 19.1. The average Bonchev–Trinajstić information content (AvgIpc) is 3.07. The van der Waals surface area contributed by atoms with Crippen LogP contribution in [0, 0.1) is 42.4 Å². The van der Waals surface area contributed by atoms with E-state index in [9.17, 15) is 27.9 Å². The number of nitrogens with one attached hydrogen (secondary N) is 1. The second-order valence-corrected chi connectivity index (χ2v) is 9.81. The lowest BCUT2D eigenvalue weighted by Gasteiger charge is -2.53. The Bertz CT molecular complexity index is 1370. The number of aliphatic hydroxyl groups is 1. The Morgan fingerprint density at radius 1 is 0.889 bits per heavy atom. The number of aryl methyl sites for hydroxylation is 1. The van der Waals surface area contributed by atoms with Gasteiger partial charge >= 0.3 is 6.18 Å². The maximum absolute atomic E-state index is 13.2. The molecule has 5 aliphatic rings. The molecule has 2 bridgehead atoms. The number of ketones is 1. The topological polar surface area (TPSA) is 75.6 Å². The van der Waals surface area contributed by atoms with Gasteiger partial charge in [0, 0.05) is 17.5 Å². The molecule has 0 saturated heterocycles. The first-order valence-corrected chi connectivity index (χ1v) is 11.7. The number of carbonyl (C=O) groups is 2. The van der Waals surface area contributed by atoms with Crippen LogP contribution in [-0.2, 0) is 15.8 Å². The smallest absolute Gasteiger partial charge is 0.416 e. The molecule has 0 heterocycles. The van der Waals surface area contributed by atoms with E-state index in [1.807, 2.05) is 0 Å². The van der Waals surface area contributed by atoms with Crippen LogP contribution in [0.15, 0.2) is 78.1 Å². The minimum atomic E-state index is -4.43. The zero-order valence-electron chi connectivity index (χ0n) is 19.1. The molecule has 8 heteroatoms. The molecule has 0 spiro atoms. The van der Waals surface area contributed by atoms with Gasteiger partial charge < -0.3 is 15.2 Å². The Morgan fingerprint density at radius 3 is 2.06 bits per heavy atom. The minimum absolute atomic E-state index is 0.00156. The third-order valence-electron chi connectivity index (χ3n) is 7.87. The Balaban J connectivity index is 1.18. The fraction of sp³-hybridized carbons (Fsp3) is 0.286. The Morgan fingerprint density at radius 2 is 1.47 bits per heavy atom. The van der Waals surface area contributed by atoms with Crippen LogP contribution in [0.1, 0.15) is 11.1 Å². The number of ether oxygens (including phenoxy) is 1.